The molecule has 31 heavy (non-hydrogen) atoms. The number of alkyl halides is 3. The van der Waals surface area contributed by atoms with Crippen molar-refractivity contribution in [3.63, 3.8) is 0 Å². The van der Waals surface area contributed by atoms with E-state index in [4.69, 9.17) is 0 Å². The van der Waals surface area contributed by atoms with Gasteiger partial charge in [-0.1, -0.05) is 49.9 Å². The molecule has 0 bridgehead atoms. The third kappa shape index (κ3) is 5.99. The van der Waals surface area contributed by atoms with E-state index in [2.05, 4.69) is 9.47 Å². The van der Waals surface area contributed by atoms with E-state index in [1.165, 1.54) is 36.3 Å². The molecule has 0 aromatic heterocycles. The Labute approximate surface area is 178 Å². The highest BCUT2D eigenvalue weighted by Crippen LogP contribution is 2.31. The number of esters is 1. The lowest BCUT2D eigenvalue weighted by atomic mass is 10.0. The summed E-state index contributed by atoms with van der Waals surface area (Å²) in [5.74, 6) is -1.90. The number of benzene rings is 2. The zero-order valence-corrected chi connectivity index (χ0v) is 17.2. The second-order valence-corrected chi connectivity index (χ2v) is 7.43. The molecule has 3 rings (SSSR count). The van der Waals surface area contributed by atoms with Crippen LogP contribution < -0.4 is 9.64 Å². The summed E-state index contributed by atoms with van der Waals surface area (Å²) in [5, 5.41) is 0. The normalized spacial score (nSPS) is 15.1. The molecule has 0 unspecified atom stereocenters. The van der Waals surface area contributed by atoms with Gasteiger partial charge < -0.3 is 9.47 Å². The molecule has 0 N–H and O–H groups in total. The first-order chi connectivity index (χ1) is 14.8. The maximum atomic E-state index is 12.7. The van der Waals surface area contributed by atoms with Crippen molar-refractivity contribution in [3.8, 4) is 16.9 Å². The molecular weight excluding hydrogens is 411 g/mol. The van der Waals surface area contributed by atoms with Crippen LogP contribution in [0.5, 0.6) is 5.75 Å². The molecule has 0 spiro atoms. The van der Waals surface area contributed by atoms with Crippen LogP contribution in [0.4, 0.5) is 18.9 Å². The minimum Gasteiger partial charge on any atom is -0.462 e. The van der Waals surface area contributed by atoms with Crippen LogP contribution in [-0.2, 0) is 14.3 Å². The Balaban J connectivity index is 1.83. The smallest absolute Gasteiger partial charge is 0.462 e. The van der Waals surface area contributed by atoms with Crippen LogP contribution >= 0.6 is 0 Å². The van der Waals surface area contributed by atoms with Crippen molar-refractivity contribution in [1.29, 1.82) is 0 Å². The Morgan fingerprint density at radius 3 is 1.87 bits per heavy atom. The zero-order chi connectivity index (χ0) is 22.4. The molecule has 1 amide bonds. The maximum Gasteiger partial charge on any atom is 0.573 e. The molecule has 0 saturated heterocycles. The Bertz CT molecular complexity index is 887. The molecule has 5 nitrogen and oxygen atoms in total. The fraction of sp³-hybridized carbons (Fsp3) is 0.391. The van der Waals surface area contributed by atoms with Gasteiger partial charge in [-0.15, -0.1) is 13.2 Å². The van der Waals surface area contributed by atoms with E-state index >= 15 is 0 Å². The average molecular weight is 435 g/mol. The first-order valence-electron chi connectivity index (χ1n) is 10.2. The van der Waals surface area contributed by atoms with Crippen LogP contribution in [0.15, 0.2) is 48.5 Å². The first kappa shape index (κ1) is 22.7. The highest BCUT2D eigenvalue weighted by molar-refractivity contribution is 6.38. The van der Waals surface area contributed by atoms with Crippen molar-refractivity contribution in [2.24, 2.45) is 0 Å². The van der Waals surface area contributed by atoms with Crippen molar-refractivity contribution in [3.05, 3.63) is 48.5 Å². The van der Waals surface area contributed by atoms with Gasteiger partial charge in [-0.3, -0.25) is 9.69 Å². The molecule has 1 fully saturated rings. The minimum atomic E-state index is -4.74. The molecule has 8 heteroatoms. The average Bonchev–Trinajstić information content (AvgIpc) is 3.02. The summed E-state index contributed by atoms with van der Waals surface area (Å²) >= 11 is 0. The van der Waals surface area contributed by atoms with Crippen LogP contribution in [0.25, 0.3) is 11.1 Å². The Morgan fingerprint density at radius 1 is 0.871 bits per heavy atom. The van der Waals surface area contributed by atoms with Gasteiger partial charge in [0.2, 0.25) is 0 Å². The van der Waals surface area contributed by atoms with Gasteiger partial charge in [0.25, 0.3) is 0 Å². The van der Waals surface area contributed by atoms with Crippen LogP contribution in [0.3, 0.4) is 0 Å². The van der Waals surface area contributed by atoms with E-state index in [1.54, 1.807) is 24.3 Å². The van der Waals surface area contributed by atoms with E-state index in [9.17, 15) is 22.8 Å². The maximum absolute atomic E-state index is 12.7. The van der Waals surface area contributed by atoms with Gasteiger partial charge in [-0.25, -0.2) is 4.79 Å². The third-order valence-electron chi connectivity index (χ3n) is 5.34. The van der Waals surface area contributed by atoms with E-state index in [-0.39, 0.29) is 11.8 Å². The fourth-order valence-corrected chi connectivity index (χ4v) is 3.86. The lowest BCUT2D eigenvalue weighted by molar-refractivity contribution is -0.274. The number of halogens is 3. The van der Waals surface area contributed by atoms with Crippen LogP contribution in [-0.4, -0.2) is 31.4 Å². The summed E-state index contributed by atoms with van der Waals surface area (Å²) < 4.78 is 45.5. The second-order valence-electron chi connectivity index (χ2n) is 7.43. The summed E-state index contributed by atoms with van der Waals surface area (Å²) in [6.45, 7) is 0. The molecule has 1 aliphatic rings. The number of carbonyl (C=O) groups is 2. The number of nitrogens with zero attached hydrogens (tertiary/aromatic N) is 1. The molecule has 0 radical (unpaired) electrons. The summed E-state index contributed by atoms with van der Waals surface area (Å²) in [7, 11) is 1.18. The van der Waals surface area contributed by atoms with E-state index in [1.807, 2.05) is 0 Å². The highest BCUT2D eigenvalue weighted by Gasteiger charge is 2.32. The lowest BCUT2D eigenvalue weighted by Crippen LogP contribution is -2.44. The van der Waals surface area contributed by atoms with Gasteiger partial charge >= 0.3 is 18.2 Å². The van der Waals surface area contributed by atoms with E-state index in [0.29, 0.717) is 11.3 Å². The summed E-state index contributed by atoms with van der Waals surface area (Å²) in [4.78, 5) is 26.2. The topological polar surface area (TPSA) is 55.8 Å². The van der Waals surface area contributed by atoms with Crippen molar-refractivity contribution < 1.29 is 32.2 Å². The molecule has 1 aliphatic carbocycles. The summed E-state index contributed by atoms with van der Waals surface area (Å²) in [5.41, 5.74) is 2.04. The second kappa shape index (κ2) is 9.85. The summed E-state index contributed by atoms with van der Waals surface area (Å²) in [6.07, 6.45) is 1.06. The number of amides is 1. The lowest BCUT2D eigenvalue weighted by Gasteiger charge is -2.30. The molecule has 2 aromatic carbocycles. The SMILES string of the molecule is COC(=O)C(=O)N(c1ccc(-c2ccc(OC(F)(F)F)cc2)cc1)C1CCCCCC1. The van der Waals surface area contributed by atoms with Gasteiger partial charge in [0.1, 0.15) is 5.75 Å². The van der Waals surface area contributed by atoms with Gasteiger partial charge in [-0.2, -0.15) is 0 Å². The molecular formula is C23H24F3NO4. The minimum absolute atomic E-state index is 0.0845. The largest absolute Gasteiger partial charge is 0.573 e. The molecule has 0 heterocycles. The molecule has 0 atom stereocenters. The van der Waals surface area contributed by atoms with Gasteiger partial charge in [0.15, 0.2) is 0 Å². The Kier molecular flexibility index (Phi) is 7.20. The number of rotatable bonds is 4. The fourth-order valence-electron chi connectivity index (χ4n) is 3.86. The number of anilines is 1. The van der Waals surface area contributed by atoms with Gasteiger partial charge in [0.05, 0.1) is 7.11 Å². The van der Waals surface area contributed by atoms with Gasteiger partial charge in [0, 0.05) is 11.7 Å². The highest BCUT2D eigenvalue weighted by atomic mass is 19.4. The number of hydrogen-bond acceptors (Lipinski definition) is 4. The molecule has 1 saturated carbocycles. The monoisotopic (exact) mass is 435 g/mol. The summed E-state index contributed by atoms with van der Waals surface area (Å²) in [6, 6.07) is 12.5. The molecule has 166 valence electrons. The number of hydrogen-bond donors (Lipinski definition) is 0. The first-order valence-corrected chi connectivity index (χ1v) is 10.2. The number of carbonyl (C=O) groups excluding carboxylic acids is 2. The van der Waals surface area contributed by atoms with E-state index in [0.717, 1.165) is 44.1 Å². The van der Waals surface area contributed by atoms with Crippen LogP contribution in [0.2, 0.25) is 0 Å². The standard InChI is InChI=1S/C23H24F3NO4/c1-30-22(29)21(28)27(18-6-4-2-3-5-7-18)19-12-8-16(9-13-19)17-10-14-20(15-11-17)31-23(24,25)26/h8-15,18H,2-7H2,1H3. The zero-order valence-electron chi connectivity index (χ0n) is 17.2. The van der Waals surface area contributed by atoms with Crippen LogP contribution in [0.1, 0.15) is 38.5 Å². The predicted octanol–water partition coefficient (Wildman–Crippen LogP) is 5.48. The number of methoxy groups -OCH3 is 1. The van der Waals surface area contributed by atoms with Crippen molar-refractivity contribution in [2.75, 3.05) is 12.0 Å². The molecule has 0 aliphatic heterocycles. The predicted molar refractivity (Wildman–Crippen MR) is 110 cm³/mol. The van der Waals surface area contributed by atoms with Crippen molar-refractivity contribution >= 4 is 17.6 Å². The van der Waals surface area contributed by atoms with Crippen molar-refractivity contribution in [2.45, 2.75) is 50.9 Å². The van der Waals surface area contributed by atoms with Crippen LogP contribution in [0, 0.1) is 0 Å². The quantitative estimate of drug-likeness (QED) is 0.363. The molecule has 2 aromatic rings. The van der Waals surface area contributed by atoms with E-state index < -0.39 is 18.2 Å². The number of ether oxygens (including phenoxy) is 2. The third-order valence-corrected chi connectivity index (χ3v) is 5.34. The van der Waals surface area contributed by atoms with Crippen molar-refractivity contribution in [1.82, 2.24) is 0 Å². The van der Waals surface area contributed by atoms with Gasteiger partial charge in [-0.05, 0) is 48.2 Å². The Hall–Kier alpha value is -3.03. The Morgan fingerprint density at radius 2 is 1.39 bits per heavy atom.